The molecule has 0 atom stereocenters. The number of benzene rings is 2. The second kappa shape index (κ2) is 4.90. The maximum absolute atomic E-state index is 6.03. The highest BCUT2D eigenvalue weighted by molar-refractivity contribution is 6.30. The Bertz CT molecular complexity index is 702. The first-order chi connectivity index (χ1) is 9.24. The van der Waals surface area contributed by atoms with Crippen LogP contribution in [0.3, 0.4) is 0 Å². The number of aryl methyl sites for hydroxylation is 1. The molecule has 0 bridgehead atoms. The van der Waals surface area contributed by atoms with Gasteiger partial charge in [-0.1, -0.05) is 54.1 Å². The lowest BCUT2D eigenvalue weighted by Crippen LogP contribution is -1.81. The van der Waals surface area contributed by atoms with Crippen LogP contribution in [0.4, 0.5) is 0 Å². The molecule has 3 rings (SSSR count). The van der Waals surface area contributed by atoms with Crippen LogP contribution in [0, 0.1) is 6.92 Å². The molecule has 2 aromatic carbocycles. The van der Waals surface area contributed by atoms with Crippen molar-refractivity contribution in [3.8, 4) is 22.6 Å². The number of aromatic nitrogens is 2. The molecule has 0 aliphatic heterocycles. The summed E-state index contributed by atoms with van der Waals surface area (Å²) in [6.45, 7) is 2.02. The lowest BCUT2D eigenvalue weighted by atomic mass is 10.1. The van der Waals surface area contributed by atoms with E-state index in [1.165, 1.54) is 0 Å². The first-order valence-electron chi connectivity index (χ1n) is 6.12. The molecule has 1 aromatic heterocycles. The number of imidazole rings is 1. The fourth-order valence-corrected chi connectivity index (χ4v) is 2.30. The highest BCUT2D eigenvalue weighted by atomic mass is 35.5. The number of hydrogen-bond acceptors (Lipinski definition) is 1. The molecular weight excluding hydrogens is 256 g/mol. The normalized spacial score (nSPS) is 10.6. The molecule has 3 aromatic rings. The number of H-pyrrole nitrogens is 1. The van der Waals surface area contributed by atoms with Gasteiger partial charge in [0.1, 0.15) is 5.82 Å². The molecule has 94 valence electrons. The van der Waals surface area contributed by atoms with Crippen molar-refractivity contribution in [3.63, 3.8) is 0 Å². The lowest BCUT2D eigenvalue weighted by molar-refractivity contribution is 1.26. The van der Waals surface area contributed by atoms with Gasteiger partial charge in [-0.15, -0.1) is 0 Å². The van der Waals surface area contributed by atoms with Gasteiger partial charge < -0.3 is 4.98 Å². The molecule has 0 spiro atoms. The molecule has 1 N–H and O–H groups in total. The third kappa shape index (κ3) is 2.40. The highest BCUT2D eigenvalue weighted by Gasteiger charge is 2.10. The maximum atomic E-state index is 6.03. The lowest BCUT2D eigenvalue weighted by Gasteiger charge is -1.98. The average molecular weight is 269 g/mol. The average Bonchev–Trinajstić information content (AvgIpc) is 2.82. The second-order valence-electron chi connectivity index (χ2n) is 4.44. The van der Waals surface area contributed by atoms with Crippen LogP contribution in [0.25, 0.3) is 22.6 Å². The molecule has 3 heteroatoms. The predicted octanol–water partition coefficient (Wildman–Crippen LogP) is 4.71. The van der Waals surface area contributed by atoms with E-state index < -0.39 is 0 Å². The molecule has 0 fully saturated rings. The summed E-state index contributed by atoms with van der Waals surface area (Å²) in [7, 11) is 0. The fourth-order valence-electron chi connectivity index (χ4n) is 2.11. The van der Waals surface area contributed by atoms with E-state index in [-0.39, 0.29) is 0 Å². The Labute approximate surface area is 117 Å². The summed E-state index contributed by atoms with van der Waals surface area (Å²) >= 11 is 6.03. The SMILES string of the molecule is Cc1[nH]c(-c2ccccc2)nc1-c1cccc(Cl)c1. The zero-order valence-electron chi connectivity index (χ0n) is 10.5. The van der Waals surface area contributed by atoms with Crippen molar-refractivity contribution in [2.75, 3.05) is 0 Å². The van der Waals surface area contributed by atoms with Crippen LogP contribution in [0.1, 0.15) is 5.69 Å². The Morgan fingerprint density at radius 1 is 0.947 bits per heavy atom. The highest BCUT2D eigenvalue weighted by Crippen LogP contribution is 2.27. The van der Waals surface area contributed by atoms with E-state index in [2.05, 4.69) is 9.97 Å². The first-order valence-corrected chi connectivity index (χ1v) is 6.50. The molecule has 0 aliphatic rings. The van der Waals surface area contributed by atoms with Crippen LogP contribution in [0.15, 0.2) is 54.6 Å². The molecule has 0 saturated heterocycles. The van der Waals surface area contributed by atoms with Crippen LogP contribution in [-0.4, -0.2) is 9.97 Å². The second-order valence-corrected chi connectivity index (χ2v) is 4.87. The van der Waals surface area contributed by atoms with E-state index in [1.807, 2.05) is 61.5 Å². The summed E-state index contributed by atoms with van der Waals surface area (Å²) < 4.78 is 0. The van der Waals surface area contributed by atoms with Gasteiger partial charge >= 0.3 is 0 Å². The predicted molar refractivity (Wildman–Crippen MR) is 79.2 cm³/mol. The summed E-state index contributed by atoms with van der Waals surface area (Å²) in [6, 6.07) is 17.8. The van der Waals surface area contributed by atoms with Crippen LogP contribution >= 0.6 is 11.6 Å². The van der Waals surface area contributed by atoms with E-state index in [0.717, 1.165) is 33.4 Å². The van der Waals surface area contributed by atoms with Crippen molar-refractivity contribution in [2.45, 2.75) is 6.92 Å². The van der Waals surface area contributed by atoms with Gasteiger partial charge in [0, 0.05) is 21.8 Å². The summed E-state index contributed by atoms with van der Waals surface area (Å²) in [5, 5.41) is 0.723. The van der Waals surface area contributed by atoms with E-state index in [0.29, 0.717) is 0 Å². The fraction of sp³-hybridized carbons (Fsp3) is 0.0625. The number of aromatic amines is 1. The summed E-state index contributed by atoms with van der Waals surface area (Å²) in [4.78, 5) is 8.00. The van der Waals surface area contributed by atoms with Crippen LogP contribution in [0.5, 0.6) is 0 Å². The Kier molecular flexibility index (Phi) is 3.10. The first kappa shape index (κ1) is 12.0. The van der Waals surface area contributed by atoms with Crippen molar-refractivity contribution < 1.29 is 0 Å². The minimum absolute atomic E-state index is 0.723. The summed E-state index contributed by atoms with van der Waals surface area (Å²) in [6.07, 6.45) is 0. The minimum Gasteiger partial charge on any atom is -0.342 e. The molecular formula is C16H13ClN2. The largest absolute Gasteiger partial charge is 0.342 e. The van der Waals surface area contributed by atoms with Gasteiger partial charge in [0.25, 0.3) is 0 Å². The van der Waals surface area contributed by atoms with Gasteiger partial charge in [-0.3, -0.25) is 0 Å². The molecule has 19 heavy (non-hydrogen) atoms. The molecule has 0 amide bonds. The number of nitrogens with zero attached hydrogens (tertiary/aromatic N) is 1. The Morgan fingerprint density at radius 3 is 2.42 bits per heavy atom. The van der Waals surface area contributed by atoms with Crippen LogP contribution < -0.4 is 0 Å². The third-order valence-electron chi connectivity index (χ3n) is 3.03. The van der Waals surface area contributed by atoms with E-state index in [1.54, 1.807) is 0 Å². The van der Waals surface area contributed by atoms with E-state index in [4.69, 9.17) is 11.6 Å². The smallest absolute Gasteiger partial charge is 0.138 e. The van der Waals surface area contributed by atoms with Gasteiger partial charge in [0.2, 0.25) is 0 Å². The monoisotopic (exact) mass is 268 g/mol. The van der Waals surface area contributed by atoms with Gasteiger partial charge in [-0.25, -0.2) is 4.98 Å². The van der Waals surface area contributed by atoms with Gasteiger partial charge in [-0.05, 0) is 19.1 Å². The molecule has 2 nitrogen and oxygen atoms in total. The van der Waals surface area contributed by atoms with Gasteiger partial charge in [0.15, 0.2) is 0 Å². The number of halogens is 1. The zero-order valence-corrected chi connectivity index (χ0v) is 11.3. The molecule has 0 aliphatic carbocycles. The van der Waals surface area contributed by atoms with Crippen molar-refractivity contribution in [2.24, 2.45) is 0 Å². The molecule has 0 radical (unpaired) electrons. The van der Waals surface area contributed by atoms with Crippen molar-refractivity contribution >= 4 is 11.6 Å². The molecule has 1 heterocycles. The quantitative estimate of drug-likeness (QED) is 0.717. The summed E-state index contributed by atoms with van der Waals surface area (Å²) in [5.74, 6) is 0.882. The van der Waals surface area contributed by atoms with Crippen molar-refractivity contribution in [1.82, 2.24) is 9.97 Å². The van der Waals surface area contributed by atoms with Crippen LogP contribution in [0.2, 0.25) is 5.02 Å². The maximum Gasteiger partial charge on any atom is 0.138 e. The molecule has 0 unspecified atom stereocenters. The minimum atomic E-state index is 0.723. The number of hydrogen-bond donors (Lipinski definition) is 1. The molecule has 0 saturated carbocycles. The number of rotatable bonds is 2. The Morgan fingerprint density at radius 2 is 1.68 bits per heavy atom. The van der Waals surface area contributed by atoms with Gasteiger partial charge in [-0.2, -0.15) is 0 Å². The van der Waals surface area contributed by atoms with E-state index >= 15 is 0 Å². The van der Waals surface area contributed by atoms with Crippen LogP contribution in [-0.2, 0) is 0 Å². The Hall–Kier alpha value is -2.06. The van der Waals surface area contributed by atoms with Crippen molar-refractivity contribution in [3.05, 3.63) is 65.3 Å². The number of nitrogens with one attached hydrogen (secondary N) is 1. The van der Waals surface area contributed by atoms with Gasteiger partial charge in [0.05, 0.1) is 5.69 Å². The van der Waals surface area contributed by atoms with Crippen molar-refractivity contribution in [1.29, 1.82) is 0 Å². The summed E-state index contributed by atoms with van der Waals surface area (Å²) in [5.41, 5.74) is 4.10. The Balaban J connectivity index is 2.08. The third-order valence-corrected chi connectivity index (χ3v) is 3.27. The standard InChI is InChI=1S/C16H13ClN2/c1-11-15(13-8-5-9-14(17)10-13)19-16(18-11)12-6-3-2-4-7-12/h2-10H,1H3,(H,18,19). The zero-order chi connectivity index (χ0) is 13.2. The topological polar surface area (TPSA) is 28.7 Å². The van der Waals surface area contributed by atoms with E-state index in [9.17, 15) is 0 Å².